The number of carbonyl (C=O) groups is 1. The zero-order valence-corrected chi connectivity index (χ0v) is 12.4. The maximum absolute atomic E-state index is 10.9. The topological polar surface area (TPSA) is 49.8 Å². The largest absolute Gasteiger partial charge is 0.496 e. The van der Waals surface area contributed by atoms with E-state index >= 15 is 0 Å². The molecule has 0 bridgehead atoms. The van der Waals surface area contributed by atoms with Gasteiger partial charge >= 0.3 is 5.97 Å². The van der Waals surface area contributed by atoms with Gasteiger partial charge in [0, 0.05) is 18.7 Å². The summed E-state index contributed by atoms with van der Waals surface area (Å²) in [5, 5.41) is 8.93. The minimum atomic E-state index is -0.765. The second-order valence-electron chi connectivity index (χ2n) is 5.18. The van der Waals surface area contributed by atoms with Crippen LogP contribution >= 0.6 is 0 Å². The molecule has 1 N–H and O–H groups in total. The molecule has 19 heavy (non-hydrogen) atoms. The third-order valence-corrected chi connectivity index (χ3v) is 3.34. The van der Waals surface area contributed by atoms with Gasteiger partial charge in [0.15, 0.2) is 0 Å². The summed E-state index contributed by atoms with van der Waals surface area (Å²) in [6.07, 6.45) is 0. The van der Waals surface area contributed by atoms with Gasteiger partial charge in [-0.05, 0) is 38.1 Å². The Hall–Kier alpha value is -1.55. The Bertz CT molecular complexity index is 457. The van der Waals surface area contributed by atoms with Gasteiger partial charge in [-0.25, -0.2) is 0 Å². The molecule has 1 aromatic carbocycles. The van der Waals surface area contributed by atoms with Gasteiger partial charge in [0.05, 0.1) is 13.0 Å². The lowest BCUT2D eigenvalue weighted by Crippen LogP contribution is -2.28. The van der Waals surface area contributed by atoms with Gasteiger partial charge in [0.1, 0.15) is 5.75 Å². The average molecular weight is 265 g/mol. The van der Waals surface area contributed by atoms with E-state index in [0.29, 0.717) is 13.1 Å². The van der Waals surface area contributed by atoms with Crippen molar-refractivity contribution in [2.75, 3.05) is 20.7 Å². The fourth-order valence-electron chi connectivity index (χ4n) is 2.06. The molecule has 0 aromatic heterocycles. The van der Waals surface area contributed by atoms with E-state index in [0.717, 1.165) is 11.3 Å². The van der Waals surface area contributed by atoms with Crippen LogP contribution in [-0.2, 0) is 11.3 Å². The third-order valence-electron chi connectivity index (χ3n) is 3.34. The van der Waals surface area contributed by atoms with Gasteiger partial charge in [0.2, 0.25) is 0 Å². The van der Waals surface area contributed by atoms with Crippen molar-refractivity contribution in [3.8, 4) is 5.75 Å². The smallest absolute Gasteiger partial charge is 0.307 e. The van der Waals surface area contributed by atoms with Gasteiger partial charge in [-0.15, -0.1) is 0 Å². The fraction of sp³-hybridized carbons (Fsp3) is 0.533. The molecule has 0 heterocycles. The van der Waals surface area contributed by atoms with Crippen molar-refractivity contribution in [2.45, 2.75) is 27.3 Å². The van der Waals surface area contributed by atoms with E-state index in [1.54, 1.807) is 14.0 Å². The van der Waals surface area contributed by atoms with Crippen molar-refractivity contribution in [1.82, 2.24) is 4.90 Å². The summed E-state index contributed by atoms with van der Waals surface area (Å²) >= 11 is 0. The lowest BCUT2D eigenvalue weighted by atomic mass is 10.0. The Morgan fingerprint density at radius 2 is 1.95 bits per heavy atom. The molecule has 0 aliphatic carbocycles. The number of aliphatic carboxylic acids is 1. The van der Waals surface area contributed by atoms with Crippen molar-refractivity contribution in [1.29, 1.82) is 0 Å². The monoisotopic (exact) mass is 265 g/mol. The van der Waals surface area contributed by atoms with Crippen molar-refractivity contribution in [3.63, 3.8) is 0 Å². The highest BCUT2D eigenvalue weighted by molar-refractivity contribution is 5.69. The molecular weight excluding hydrogens is 242 g/mol. The van der Waals surface area contributed by atoms with Crippen LogP contribution in [0.2, 0.25) is 0 Å². The standard InChI is InChI=1S/C15H23NO3/c1-10-6-13(14(19-5)7-11(10)2)9-16(4)8-12(3)15(17)18/h6-7,12H,8-9H2,1-5H3,(H,17,18). The summed E-state index contributed by atoms with van der Waals surface area (Å²) in [6, 6.07) is 4.13. The van der Waals surface area contributed by atoms with Gasteiger partial charge in [-0.1, -0.05) is 13.0 Å². The van der Waals surface area contributed by atoms with Crippen LogP contribution in [0.15, 0.2) is 12.1 Å². The lowest BCUT2D eigenvalue weighted by Gasteiger charge is -2.21. The third kappa shape index (κ3) is 4.24. The highest BCUT2D eigenvalue weighted by Crippen LogP contribution is 2.24. The summed E-state index contributed by atoms with van der Waals surface area (Å²) < 4.78 is 5.39. The summed E-state index contributed by atoms with van der Waals surface area (Å²) in [5.74, 6) is -0.278. The fourth-order valence-corrected chi connectivity index (χ4v) is 2.06. The van der Waals surface area contributed by atoms with E-state index in [-0.39, 0.29) is 5.92 Å². The van der Waals surface area contributed by atoms with E-state index < -0.39 is 5.97 Å². The number of methoxy groups -OCH3 is 1. The van der Waals surface area contributed by atoms with Crippen LogP contribution in [-0.4, -0.2) is 36.7 Å². The Balaban J connectivity index is 2.81. The second kappa shape index (κ2) is 6.57. The molecule has 1 unspecified atom stereocenters. The molecule has 1 aromatic rings. The first kappa shape index (κ1) is 15.5. The molecule has 0 saturated carbocycles. The van der Waals surface area contributed by atoms with Gasteiger partial charge in [-0.3, -0.25) is 4.79 Å². The lowest BCUT2D eigenvalue weighted by molar-refractivity contribution is -0.141. The Kier molecular flexibility index (Phi) is 5.36. The molecule has 4 nitrogen and oxygen atoms in total. The molecule has 0 amide bonds. The van der Waals surface area contributed by atoms with Crippen LogP contribution in [0.3, 0.4) is 0 Å². The van der Waals surface area contributed by atoms with Gasteiger partial charge in [-0.2, -0.15) is 0 Å². The molecule has 0 saturated heterocycles. The first-order valence-electron chi connectivity index (χ1n) is 6.40. The molecule has 0 spiro atoms. The molecule has 0 fully saturated rings. The summed E-state index contributed by atoms with van der Waals surface area (Å²) in [4.78, 5) is 12.9. The normalized spacial score (nSPS) is 12.5. The van der Waals surface area contributed by atoms with Crippen LogP contribution in [0.4, 0.5) is 0 Å². The predicted molar refractivity (Wildman–Crippen MR) is 75.6 cm³/mol. The quantitative estimate of drug-likeness (QED) is 0.858. The maximum atomic E-state index is 10.9. The molecule has 1 atom stereocenters. The van der Waals surface area contributed by atoms with Crippen molar-refractivity contribution >= 4 is 5.97 Å². The van der Waals surface area contributed by atoms with Crippen LogP contribution in [0, 0.1) is 19.8 Å². The number of ether oxygens (including phenoxy) is 1. The first-order valence-corrected chi connectivity index (χ1v) is 6.40. The van der Waals surface area contributed by atoms with Crippen LogP contribution in [0.25, 0.3) is 0 Å². The number of hydrogen-bond acceptors (Lipinski definition) is 3. The zero-order chi connectivity index (χ0) is 14.6. The average Bonchev–Trinajstić information content (AvgIpc) is 2.33. The van der Waals surface area contributed by atoms with Crippen LogP contribution in [0.1, 0.15) is 23.6 Å². The van der Waals surface area contributed by atoms with Crippen molar-refractivity contribution in [3.05, 3.63) is 28.8 Å². The molecule has 0 radical (unpaired) electrons. The van der Waals surface area contributed by atoms with Gasteiger partial charge in [0.25, 0.3) is 0 Å². The molecule has 4 heteroatoms. The van der Waals surface area contributed by atoms with Gasteiger partial charge < -0.3 is 14.7 Å². The Morgan fingerprint density at radius 3 is 2.47 bits per heavy atom. The second-order valence-corrected chi connectivity index (χ2v) is 5.18. The number of nitrogens with zero attached hydrogens (tertiary/aromatic N) is 1. The zero-order valence-electron chi connectivity index (χ0n) is 12.4. The molecule has 0 aliphatic rings. The molecular formula is C15H23NO3. The van der Waals surface area contributed by atoms with E-state index in [2.05, 4.69) is 19.9 Å². The highest BCUT2D eigenvalue weighted by atomic mass is 16.5. The van der Waals surface area contributed by atoms with Crippen molar-refractivity contribution in [2.24, 2.45) is 5.92 Å². The summed E-state index contributed by atoms with van der Waals surface area (Å²) in [6.45, 7) is 7.04. The van der Waals surface area contributed by atoms with E-state index in [9.17, 15) is 4.79 Å². The minimum Gasteiger partial charge on any atom is -0.496 e. The number of carboxylic acid groups (broad SMARTS) is 1. The van der Waals surface area contributed by atoms with E-state index in [1.807, 2.05) is 18.0 Å². The summed E-state index contributed by atoms with van der Waals surface area (Å²) in [5.41, 5.74) is 3.50. The molecule has 1 rings (SSSR count). The molecule has 0 aliphatic heterocycles. The minimum absolute atomic E-state index is 0.373. The predicted octanol–water partition coefficient (Wildman–Crippen LogP) is 2.46. The van der Waals surface area contributed by atoms with E-state index in [4.69, 9.17) is 9.84 Å². The molecule has 106 valence electrons. The highest BCUT2D eigenvalue weighted by Gasteiger charge is 2.15. The van der Waals surface area contributed by atoms with Crippen LogP contribution < -0.4 is 4.74 Å². The first-order chi connectivity index (χ1) is 8.85. The Morgan fingerprint density at radius 1 is 1.37 bits per heavy atom. The van der Waals surface area contributed by atoms with Crippen LogP contribution in [0.5, 0.6) is 5.75 Å². The number of hydrogen-bond donors (Lipinski definition) is 1. The van der Waals surface area contributed by atoms with E-state index in [1.165, 1.54) is 11.1 Å². The number of rotatable bonds is 6. The SMILES string of the molecule is COc1cc(C)c(C)cc1CN(C)CC(C)C(=O)O. The number of benzene rings is 1. The number of carboxylic acids is 1. The summed E-state index contributed by atoms with van der Waals surface area (Å²) in [7, 11) is 3.58. The maximum Gasteiger partial charge on any atom is 0.307 e. The number of aryl methyl sites for hydroxylation is 2. The Labute approximate surface area is 115 Å². The van der Waals surface area contributed by atoms with Crippen molar-refractivity contribution < 1.29 is 14.6 Å².